The van der Waals surface area contributed by atoms with Crippen molar-refractivity contribution in [1.82, 2.24) is 10.2 Å². The molecule has 1 amide bonds. The van der Waals surface area contributed by atoms with Crippen LogP contribution in [-0.2, 0) is 28.6 Å². The zero-order valence-corrected chi connectivity index (χ0v) is 32.1. The molecule has 14 nitrogen and oxygen atoms in total. The quantitative estimate of drug-likeness (QED) is 0.0562. The van der Waals surface area contributed by atoms with Crippen molar-refractivity contribution in [2.24, 2.45) is 0 Å². The Morgan fingerprint density at radius 3 is 1.50 bits per heavy atom. The molecule has 2 saturated heterocycles. The molecule has 0 aromatic rings. The van der Waals surface area contributed by atoms with Gasteiger partial charge in [-0.25, -0.2) is 14.4 Å². The van der Waals surface area contributed by atoms with Crippen LogP contribution in [0.4, 0.5) is 14.4 Å². The number of carbonyl (C=O) groups excluding carboxylic acids is 4. The van der Waals surface area contributed by atoms with Gasteiger partial charge in [0, 0.05) is 71.0 Å². The fraction of sp³-hybridized carbons (Fsp3) is 0.833. The molecule has 0 aliphatic carbocycles. The van der Waals surface area contributed by atoms with Crippen LogP contribution in [0.15, 0.2) is 0 Å². The molecule has 2 aliphatic rings. The third kappa shape index (κ3) is 33.1. The summed E-state index contributed by atoms with van der Waals surface area (Å²) < 4.78 is 18.9. The average Bonchev–Trinajstić information content (AvgIpc) is 3.36. The molecule has 2 heterocycles. The van der Waals surface area contributed by atoms with E-state index in [0.717, 1.165) is 19.5 Å². The van der Waals surface area contributed by atoms with Crippen molar-refractivity contribution < 1.29 is 110 Å². The minimum atomic E-state index is -1.06. The summed E-state index contributed by atoms with van der Waals surface area (Å²) in [6, 6.07) is 0. The molecular formula is C24H45K2N2O12. The second-order valence-corrected chi connectivity index (χ2v) is 11.2. The Hall–Kier alpha value is 0.593. The second-order valence-electron chi connectivity index (χ2n) is 11.2. The largest absolute Gasteiger partial charge is 1.00 e. The number of hydrogen-bond donors (Lipinski definition) is 3. The van der Waals surface area contributed by atoms with Crippen molar-refractivity contribution in [3.63, 3.8) is 0 Å². The molecule has 0 aromatic carbocycles. The topological polar surface area (TPSA) is 193 Å². The number of aliphatic hydroxyl groups excluding tert-OH is 2. The fourth-order valence-corrected chi connectivity index (χ4v) is 2.48. The van der Waals surface area contributed by atoms with E-state index in [9.17, 15) is 19.5 Å². The first-order valence-corrected chi connectivity index (χ1v) is 12.1. The number of amides is 1. The first kappa shape index (κ1) is 47.5. The van der Waals surface area contributed by atoms with Gasteiger partial charge in [0.05, 0.1) is 12.2 Å². The number of nitrogens with one attached hydrogen (secondary N) is 1. The molecule has 0 aromatic heterocycles. The van der Waals surface area contributed by atoms with Crippen LogP contribution >= 0.6 is 0 Å². The molecule has 2 rings (SSSR count). The predicted octanol–water partition coefficient (Wildman–Crippen LogP) is -1.74. The van der Waals surface area contributed by atoms with E-state index in [-0.39, 0.29) is 128 Å². The third-order valence-corrected chi connectivity index (χ3v) is 3.83. The zero-order valence-electron chi connectivity index (χ0n) is 25.9. The van der Waals surface area contributed by atoms with E-state index in [2.05, 4.69) is 14.9 Å². The molecule has 2 fully saturated rings. The SMILES string of the molecule is CC(C)(C)OC(=O)N1CCC(O)C1.CC(C)(C)OC(=O)OC(=O)OC(C)(C)C.O=CO[O-].OC1CCNC1.[K+].[K]. The van der Waals surface area contributed by atoms with Crippen LogP contribution in [0.1, 0.15) is 75.2 Å². The Bertz CT molecular complexity index is 690. The van der Waals surface area contributed by atoms with Crippen LogP contribution in [0.5, 0.6) is 0 Å². The molecule has 1 radical (unpaired) electrons. The summed E-state index contributed by atoms with van der Waals surface area (Å²) in [4.78, 5) is 46.2. The molecule has 225 valence electrons. The number of hydrogen-bond acceptors (Lipinski definition) is 13. The van der Waals surface area contributed by atoms with Crippen molar-refractivity contribution in [3.05, 3.63) is 0 Å². The summed E-state index contributed by atoms with van der Waals surface area (Å²) in [5.41, 5.74) is -1.84. The van der Waals surface area contributed by atoms with E-state index >= 15 is 0 Å². The van der Waals surface area contributed by atoms with E-state index in [4.69, 9.17) is 29.4 Å². The zero-order chi connectivity index (χ0) is 30.2. The molecular weight excluding hydrogens is 586 g/mol. The standard InChI is InChI=1S/C10H18O5.C9H17NO3.C4H9NO.CH2O3.2K/c1-9(2,3)14-7(11)13-8(12)15-10(4,5)6;1-9(2,3)13-8(12)10-5-4-7(11)6-10;6-4-1-2-5-3-4;2-1-4-3;;/h1-6H3;7,11H,4-6H2,1-3H3;4-6H,1-3H2;1,3H;;/q;;;;;+1/p-1. The van der Waals surface area contributed by atoms with Gasteiger partial charge in [0.2, 0.25) is 0 Å². The first-order valence-electron chi connectivity index (χ1n) is 12.1. The van der Waals surface area contributed by atoms with Crippen LogP contribution in [0.2, 0.25) is 0 Å². The Morgan fingerprint density at radius 1 is 0.850 bits per heavy atom. The normalized spacial score (nSPS) is 17.8. The molecule has 16 heteroatoms. The number of ether oxygens (including phenoxy) is 4. The van der Waals surface area contributed by atoms with Crippen LogP contribution < -0.4 is 62.0 Å². The van der Waals surface area contributed by atoms with Crippen LogP contribution in [-0.4, -0.2) is 147 Å². The molecule has 0 saturated carbocycles. The molecule has 3 N–H and O–H groups in total. The van der Waals surface area contributed by atoms with E-state index in [1.807, 2.05) is 20.8 Å². The van der Waals surface area contributed by atoms with Gasteiger partial charge in [-0.15, -0.1) is 0 Å². The number of aliphatic hydroxyl groups is 2. The molecule has 2 atom stereocenters. The van der Waals surface area contributed by atoms with E-state index < -0.39 is 29.1 Å². The van der Waals surface area contributed by atoms with Gasteiger partial charge in [-0.1, -0.05) is 0 Å². The maximum atomic E-state index is 11.4. The number of β-amino-alcohol motifs (C(OH)–C–C–N with tert-alkyl or cyclic N) is 2. The Kier molecular flexibility index (Phi) is 28.5. The smallest absolute Gasteiger partial charge is 0.662 e. The first-order chi connectivity index (χ1) is 17.2. The van der Waals surface area contributed by atoms with Gasteiger partial charge in [0.25, 0.3) is 6.47 Å². The summed E-state index contributed by atoms with van der Waals surface area (Å²) in [5.74, 6) is 0. The average molecular weight is 632 g/mol. The molecule has 2 aliphatic heterocycles. The van der Waals surface area contributed by atoms with E-state index in [1.54, 1.807) is 41.5 Å². The van der Waals surface area contributed by atoms with Gasteiger partial charge in [0.1, 0.15) is 16.8 Å². The number of likely N-dealkylation sites (tertiary alicyclic amines) is 1. The van der Waals surface area contributed by atoms with Gasteiger partial charge in [-0.3, -0.25) is 4.79 Å². The van der Waals surface area contributed by atoms with Crippen LogP contribution in [0.3, 0.4) is 0 Å². The van der Waals surface area contributed by atoms with Gasteiger partial charge in [-0.05, 0) is 81.7 Å². The van der Waals surface area contributed by atoms with Crippen molar-refractivity contribution >= 4 is 76.3 Å². The van der Waals surface area contributed by atoms with Gasteiger partial charge in [-0.2, -0.15) is 0 Å². The van der Waals surface area contributed by atoms with Crippen molar-refractivity contribution in [2.45, 2.75) is 104 Å². The maximum absolute atomic E-state index is 11.4. The van der Waals surface area contributed by atoms with E-state index in [1.165, 1.54) is 4.90 Å². The minimum absolute atomic E-state index is 0. The van der Waals surface area contributed by atoms with Crippen molar-refractivity contribution in [2.75, 3.05) is 26.2 Å². The summed E-state index contributed by atoms with van der Waals surface area (Å²) in [5, 5.41) is 29.3. The third-order valence-electron chi connectivity index (χ3n) is 3.83. The van der Waals surface area contributed by atoms with Crippen LogP contribution in [0.25, 0.3) is 0 Å². The number of nitrogens with zero attached hydrogens (tertiary/aromatic N) is 1. The minimum Gasteiger partial charge on any atom is -0.662 e. The second kappa shape index (κ2) is 24.0. The Morgan fingerprint density at radius 2 is 1.27 bits per heavy atom. The van der Waals surface area contributed by atoms with Crippen molar-refractivity contribution in [3.8, 4) is 0 Å². The Labute approximate surface area is 322 Å². The predicted molar refractivity (Wildman–Crippen MR) is 138 cm³/mol. The maximum Gasteiger partial charge on any atom is 1.00 e. The Balaban J connectivity index is -0.000000234. The molecule has 0 spiro atoms. The van der Waals surface area contributed by atoms with Gasteiger partial charge >= 0.3 is 69.8 Å². The number of carbonyl (C=O) groups is 4. The van der Waals surface area contributed by atoms with Gasteiger partial charge < -0.3 is 49.5 Å². The fourth-order valence-electron chi connectivity index (χ4n) is 2.48. The van der Waals surface area contributed by atoms with E-state index in [0.29, 0.717) is 19.5 Å². The van der Waals surface area contributed by atoms with Gasteiger partial charge in [0.15, 0.2) is 0 Å². The summed E-state index contributed by atoms with van der Waals surface area (Å²) in [6.07, 6.45) is -1.31. The monoisotopic (exact) mass is 631 g/mol. The number of rotatable bonds is 1. The van der Waals surface area contributed by atoms with Crippen LogP contribution in [0, 0.1) is 0 Å². The summed E-state index contributed by atoms with van der Waals surface area (Å²) in [6.45, 7) is 18.1. The van der Waals surface area contributed by atoms with Crippen molar-refractivity contribution in [1.29, 1.82) is 0 Å². The summed E-state index contributed by atoms with van der Waals surface area (Å²) >= 11 is 0. The molecule has 40 heavy (non-hydrogen) atoms. The molecule has 0 bridgehead atoms. The summed E-state index contributed by atoms with van der Waals surface area (Å²) in [7, 11) is 0. The molecule has 2 unspecified atom stereocenters.